The summed E-state index contributed by atoms with van der Waals surface area (Å²) in [5, 5.41) is 0. The molecule has 34 heavy (non-hydrogen) atoms. The molecule has 0 aromatic heterocycles. The number of fused-ring (bicyclic) bond motifs is 1. The third kappa shape index (κ3) is 5.82. The Bertz CT molecular complexity index is 1170. The summed E-state index contributed by atoms with van der Waals surface area (Å²) >= 11 is 0. The van der Waals surface area contributed by atoms with Crippen LogP contribution in [0.2, 0.25) is 0 Å². The van der Waals surface area contributed by atoms with Crippen LogP contribution >= 0.6 is 0 Å². The molecular weight excluding hydrogens is 477 g/mol. The number of alkyl halides is 3. The molecule has 0 N–H and O–H groups in total. The van der Waals surface area contributed by atoms with E-state index in [0.29, 0.717) is 17.9 Å². The number of hydrogen-bond donors (Lipinski definition) is 0. The number of hydrogen-bond acceptors (Lipinski definition) is 7. The summed E-state index contributed by atoms with van der Waals surface area (Å²) in [7, 11) is -4.70. The number of aryl methyl sites for hydroxylation is 1. The second-order valence-electron chi connectivity index (χ2n) is 8.64. The van der Waals surface area contributed by atoms with E-state index < -0.39 is 39.1 Å². The Morgan fingerprint density at radius 2 is 1.79 bits per heavy atom. The lowest BCUT2D eigenvalue weighted by Crippen LogP contribution is -2.29. The summed E-state index contributed by atoms with van der Waals surface area (Å²) < 4.78 is 82.5. The molecule has 0 fully saturated rings. The minimum absolute atomic E-state index is 0.253. The van der Waals surface area contributed by atoms with Gasteiger partial charge in [0, 0.05) is 5.56 Å². The van der Waals surface area contributed by atoms with E-state index in [0.717, 1.165) is 30.5 Å². The van der Waals surface area contributed by atoms with Crippen LogP contribution in [0.25, 0.3) is 11.1 Å². The molecule has 0 bridgehead atoms. The van der Waals surface area contributed by atoms with E-state index in [2.05, 4.69) is 4.18 Å². The Balaban J connectivity index is 2.18. The molecule has 0 aliphatic carbocycles. The second kappa shape index (κ2) is 9.46. The van der Waals surface area contributed by atoms with Gasteiger partial charge in [-0.15, -0.1) is 0 Å². The van der Waals surface area contributed by atoms with E-state index in [9.17, 15) is 26.4 Å². The van der Waals surface area contributed by atoms with Gasteiger partial charge < -0.3 is 18.4 Å². The average Bonchev–Trinajstić information content (AvgIpc) is 2.75. The quantitative estimate of drug-likeness (QED) is 0.314. The number of carbonyl (C=O) groups is 1. The molecule has 0 amide bonds. The minimum Gasteiger partial charge on any atom is -0.493 e. The minimum atomic E-state index is -5.89. The van der Waals surface area contributed by atoms with Crippen molar-refractivity contribution in [3.05, 3.63) is 47.5 Å². The van der Waals surface area contributed by atoms with Gasteiger partial charge in [0.1, 0.15) is 11.5 Å². The van der Waals surface area contributed by atoms with E-state index in [4.69, 9.17) is 14.2 Å². The first kappa shape index (κ1) is 25.8. The maximum atomic E-state index is 12.9. The molecule has 1 aliphatic heterocycles. The standard InChI is InChI=1S/C23H25F3O7S/c1-22(2,3)32-20(21(27)30-4)17-9-8-16(33-34(28,29)23(24,25)26)13-18(17)14-7-10-19-15(12-14)6-5-11-31-19/h7-10,12-13,20H,5-6,11H2,1-4H3. The van der Waals surface area contributed by atoms with E-state index in [1.165, 1.54) is 13.2 Å². The summed E-state index contributed by atoms with van der Waals surface area (Å²) in [6.07, 6.45) is 0.269. The van der Waals surface area contributed by atoms with Crippen LogP contribution in [-0.4, -0.2) is 39.2 Å². The highest BCUT2D eigenvalue weighted by molar-refractivity contribution is 7.88. The first-order valence-corrected chi connectivity index (χ1v) is 11.8. The van der Waals surface area contributed by atoms with Crippen molar-refractivity contribution in [2.75, 3.05) is 13.7 Å². The van der Waals surface area contributed by atoms with Crippen LogP contribution in [0.4, 0.5) is 13.2 Å². The number of esters is 1. The summed E-state index contributed by atoms with van der Waals surface area (Å²) in [4.78, 5) is 12.6. The third-order valence-electron chi connectivity index (χ3n) is 4.90. The van der Waals surface area contributed by atoms with Crippen molar-refractivity contribution >= 4 is 16.1 Å². The van der Waals surface area contributed by atoms with E-state index in [-0.39, 0.29) is 11.1 Å². The topological polar surface area (TPSA) is 88.1 Å². The lowest BCUT2D eigenvalue weighted by atomic mass is 9.92. The van der Waals surface area contributed by atoms with Crippen molar-refractivity contribution in [2.24, 2.45) is 0 Å². The summed E-state index contributed by atoms with van der Waals surface area (Å²) in [5.41, 5.74) is -4.47. The predicted molar refractivity (Wildman–Crippen MR) is 117 cm³/mol. The first-order chi connectivity index (χ1) is 15.7. The van der Waals surface area contributed by atoms with Gasteiger partial charge in [-0.3, -0.25) is 0 Å². The number of halogens is 3. The molecule has 1 unspecified atom stereocenters. The molecule has 2 aromatic rings. The predicted octanol–water partition coefficient (Wildman–Crippen LogP) is 4.94. The SMILES string of the molecule is COC(=O)C(OC(C)(C)C)c1ccc(OS(=O)(=O)C(F)(F)F)cc1-c1ccc2c(c1)CCCO2. The summed E-state index contributed by atoms with van der Waals surface area (Å²) in [6, 6.07) is 8.61. The molecule has 1 heterocycles. The van der Waals surface area contributed by atoms with Gasteiger partial charge in [0.15, 0.2) is 6.10 Å². The fourth-order valence-electron chi connectivity index (χ4n) is 3.47. The molecule has 1 atom stereocenters. The number of methoxy groups -OCH3 is 1. The smallest absolute Gasteiger partial charge is 0.493 e. The Kier molecular flexibility index (Phi) is 7.18. The van der Waals surface area contributed by atoms with E-state index >= 15 is 0 Å². The number of ether oxygens (including phenoxy) is 3. The maximum Gasteiger partial charge on any atom is 0.534 e. The molecule has 7 nitrogen and oxygen atoms in total. The molecule has 2 aromatic carbocycles. The zero-order chi connectivity index (χ0) is 25.3. The number of rotatable bonds is 6. The van der Waals surface area contributed by atoms with E-state index in [1.54, 1.807) is 39.0 Å². The van der Waals surface area contributed by atoms with Crippen LogP contribution in [0.15, 0.2) is 36.4 Å². The lowest BCUT2D eigenvalue weighted by Gasteiger charge is -2.28. The highest BCUT2D eigenvalue weighted by Crippen LogP contribution is 2.39. The van der Waals surface area contributed by atoms with Crippen molar-refractivity contribution in [1.82, 2.24) is 0 Å². The molecule has 0 saturated heterocycles. The van der Waals surface area contributed by atoms with Crippen molar-refractivity contribution < 1.29 is 44.8 Å². The highest BCUT2D eigenvalue weighted by Gasteiger charge is 2.48. The van der Waals surface area contributed by atoms with Crippen LogP contribution in [-0.2, 0) is 30.8 Å². The van der Waals surface area contributed by atoms with Gasteiger partial charge in [-0.25, -0.2) is 4.79 Å². The monoisotopic (exact) mass is 502 g/mol. The molecule has 0 saturated carbocycles. The van der Waals surface area contributed by atoms with Gasteiger partial charge in [0.25, 0.3) is 0 Å². The Morgan fingerprint density at radius 1 is 1.09 bits per heavy atom. The zero-order valence-corrected chi connectivity index (χ0v) is 19.9. The Hall–Kier alpha value is -2.79. The number of carbonyl (C=O) groups excluding carboxylic acids is 1. The van der Waals surface area contributed by atoms with Crippen molar-refractivity contribution in [3.63, 3.8) is 0 Å². The summed E-state index contributed by atoms with van der Waals surface area (Å²) in [6.45, 7) is 5.75. The third-order valence-corrected chi connectivity index (χ3v) is 5.88. The van der Waals surface area contributed by atoms with Crippen LogP contribution in [0.3, 0.4) is 0 Å². The summed E-state index contributed by atoms with van der Waals surface area (Å²) in [5.74, 6) is -0.613. The lowest BCUT2D eigenvalue weighted by molar-refractivity contribution is -0.164. The van der Waals surface area contributed by atoms with Crippen molar-refractivity contribution in [2.45, 2.75) is 50.8 Å². The van der Waals surface area contributed by atoms with Crippen molar-refractivity contribution in [1.29, 1.82) is 0 Å². The highest BCUT2D eigenvalue weighted by atomic mass is 32.2. The van der Waals surface area contributed by atoms with Gasteiger partial charge in [-0.2, -0.15) is 21.6 Å². The van der Waals surface area contributed by atoms with Gasteiger partial charge in [0.2, 0.25) is 0 Å². The van der Waals surface area contributed by atoms with Crippen LogP contribution in [0.1, 0.15) is 44.4 Å². The second-order valence-corrected chi connectivity index (χ2v) is 10.2. The molecule has 186 valence electrons. The molecule has 0 radical (unpaired) electrons. The van der Waals surface area contributed by atoms with Crippen LogP contribution in [0.5, 0.6) is 11.5 Å². The zero-order valence-electron chi connectivity index (χ0n) is 19.1. The van der Waals surface area contributed by atoms with Gasteiger partial charge >= 0.3 is 21.6 Å². The molecule has 1 aliphatic rings. The van der Waals surface area contributed by atoms with Crippen LogP contribution in [0, 0.1) is 0 Å². The first-order valence-electron chi connectivity index (χ1n) is 10.4. The molecule has 11 heteroatoms. The number of benzene rings is 2. The molecule has 0 spiro atoms. The normalized spacial score (nSPS) is 15.1. The largest absolute Gasteiger partial charge is 0.534 e. The maximum absolute atomic E-state index is 12.9. The van der Waals surface area contributed by atoms with Gasteiger partial charge in [-0.1, -0.05) is 12.1 Å². The van der Waals surface area contributed by atoms with Crippen molar-refractivity contribution in [3.8, 4) is 22.6 Å². The fraction of sp³-hybridized carbons (Fsp3) is 0.435. The Labute approximate surface area is 195 Å². The van der Waals surface area contributed by atoms with E-state index in [1.807, 2.05) is 0 Å². The molecular formula is C23H25F3O7S. The Morgan fingerprint density at radius 3 is 2.41 bits per heavy atom. The average molecular weight is 503 g/mol. The fourth-order valence-corrected chi connectivity index (χ4v) is 3.92. The van der Waals surface area contributed by atoms with Gasteiger partial charge in [0.05, 0.1) is 19.3 Å². The van der Waals surface area contributed by atoms with Crippen LogP contribution < -0.4 is 8.92 Å². The van der Waals surface area contributed by atoms with Gasteiger partial charge in [-0.05, 0) is 74.6 Å². The molecule has 3 rings (SSSR count).